The summed E-state index contributed by atoms with van der Waals surface area (Å²) >= 11 is 1.41. The van der Waals surface area contributed by atoms with Gasteiger partial charge < -0.3 is 15.4 Å². The van der Waals surface area contributed by atoms with Crippen LogP contribution in [0.15, 0.2) is 53.9 Å². The molecule has 1 aliphatic rings. The predicted molar refractivity (Wildman–Crippen MR) is 110 cm³/mol. The minimum atomic E-state index is -0.290. The number of nitrogens with one attached hydrogen (secondary N) is 2. The van der Waals surface area contributed by atoms with E-state index >= 15 is 0 Å². The van der Waals surface area contributed by atoms with Crippen molar-refractivity contribution in [2.75, 3.05) is 17.7 Å². The molecule has 1 saturated carbocycles. The lowest BCUT2D eigenvalue weighted by Crippen LogP contribution is -2.15. The Morgan fingerprint density at radius 1 is 1.07 bits per heavy atom. The summed E-state index contributed by atoms with van der Waals surface area (Å²) in [4.78, 5) is 28.9. The summed E-state index contributed by atoms with van der Waals surface area (Å²) in [6, 6.07) is 14.7. The lowest BCUT2D eigenvalue weighted by atomic mass is 10.2. The van der Waals surface area contributed by atoms with Crippen LogP contribution in [-0.4, -0.2) is 23.9 Å². The van der Waals surface area contributed by atoms with Gasteiger partial charge in [-0.05, 0) is 55.3 Å². The predicted octanol–water partition coefficient (Wildman–Crippen LogP) is 4.42. The fourth-order valence-electron chi connectivity index (χ4n) is 2.70. The standard InChI is InChI=1S/C21H19N3O3S/c1-27-17-9-7-14(8-10-17)21-24-18(12-28-21)20(26)23-16-4-2-3-15(11-16)22-19(25)13-5-6-13/h2-4,7-13H,5-6H2,1H3,(H,22,25)(H,23,26). The van der Waals surface area contributed by atoms with Crippen molar-refractivity contribution in [1.82, 2.24) is 4.98 Å². The lowest BCUT2D eigenvalue weighted by molar-refractivity contribution is -0.117. The van der Waals surface area contributed by atoms with Crippen molar-refractivity contribution in [2.45, 2.75) is 12.8 Å². The van der Waals surface area contributed by atoms with Crippen molar-refractivity contribution in [3.05, 3.63) is 59.6 Å². The van der Waals surface area contributed by atoms with Gasteiger partial charge in [0, 0.05) is 28.2 Å². The van der Waals surface area contributed by atoms with E-state index in [1.165, 1.54) is 11.3 Å². The number of anilines is 2. The molecule has 0 saturated heterocycles. The van der Waals surface area contributed by atoms with E-state index in [4.69, 9.17) is 4.74 Å². The van der Waals surface area contributed by atoms with Gasteiger partial charge in [-0.3, -0.25) is 9.59 Å². The topological polar surface area (TPSA) is 80.3 Å². The molecule has 6 nitrogen and oxygen atoms in total. The highest BCUT2D eigenvalue weighted by atomic mass is 32.1. The van der Waals surface area contributed by atoms with Crippen LogP contribution in [0.5, 0.6) is 5.75 Å². The van der Waals surface area contributed by atoms with Gasteiger partial charge in [0.1, 0.15) is 16.5 Å². The third-order valence-electron chi connectivity index (χ3n) is 4.41. The van der Waals surface area contributed by atoms with Crippen LogP contribution >= 0.6 is 11.3 Å². The van der Waals surface area contributed by atoms with Gasteiger partial charge in [-0.1, -0.05) is 6.07 Å². The number of aromatic nitrogens is 1. The van der Waals surface area contributed by atoms with Crippen LogP contribution in [0, 0.1) is 5.92 Å². The summed E-state index contributed by atoms with van der Waals surface area (Å²) in [7, 11) is 1.62. The molecule has 0 atom stereocenters. The smallest absolute Gasteiger partial charge is 0.275 e. The van der Waals surface area contributed by atoms with E-state index in [-0.39, 0.29) is 17.7 Å². The molecule has 0 unspecified atom stereocenters. The highest BCUT2D eigenvalue weighted by Gasteiger charge is 2.29. The molecule has 28 heavy (non-hydrogen) atoms. The number of amides is 2. The van der Waals surface area contributed by atoms with Crippen molar-refractivity contribution in [3.63, 3.8) is 0 Å². The Balaban J connectivity index is 1.43. The third-order valence-corrected chi connectivity index (χ3v) is 5.30. The van der Waals surface area contributed by atoms with E-state index in [1.54, 1.807) is 36.8 Å². The Bertz CT molecular complexity index is 1010. The average molecular weight is 393 g/mol. The minimum absolute atomic E-state index is 0.0344. The Hall–Kier alpha value is -3.19. The van der Waals surface area contributed by atoms with Crippen molar-refractivity contribution < 1.29 is 14.3 Å². The molecule has 0 spiro atoms. The Morgan fingerprint density at radius 3 is 2.46 bits per heavy atom. The van der Waals surface area contributed by atoms with Crippen molar-refractivity contribution in [1.29, 1.82) is 0 Å². The largest absolute Gasteiger partial charge is 0.497 e. The summed E-state index contributed by atoms with van der Waals surface area (Å²) in [6.07, 6.45) is 1.89. The molecule has 2 amide bonds. The van der Waals surface area contributed by atoms with Gasteiger partial charge in [-0.25, -0.2) is 4.98 Å². The van der Waals surface area contributed by atoms with Gasteiger partial charge in [-0.15, -0.1) is 11.3 Å². The Labute approximate surface area is 166 Å². The summed E-state index contributed by atoms with van der Waals surface area (Å²) in [5, 5.41) is 8.20. The van der Waals surface area contributed by atoms with Crippen LogP contribution in [0.4, 0.5) is 11.4 Å². The first-order valence-corrected chi connectivity index (χ1v) is 9.82. The number of benzene rings is 2. The summed E-state index contributed by atoms with van der Waals surface area (Å²) in [6.45, 7) is 0. The fourth-order valence-corrected chi connectivity index (χ4v) is 3.51. The second-order valence-electron chi connectivity index (χ2n) is 6.56. The maximum Gasteiger partial charge on any atom is 0.275 e. The van der Waals surface area contributed by atoms with E-state index < -0.39 is 0 Å². The molecule has 142 valence electrons. The molecule has 0 bridgehead atoms. The van der Waals surface area contributed by atoms with Gasteiger partial charge in [-0.2, -0.15) is 0 Å². The van der Waals surface area contributed by atoms with E-state index in [0.29, 0.717) is 17.1 Å². The molecule has 1 aliphatic carbocycles. The molecule has 3 aromatic rings. The highest BCUT2D eigenvalue weighted by Crippen LogP contribution is 2.30. The van der Waals surface area contributed by atoms with Crippen LogP contribution in [-0.2, 0) is 4.79 Å². The third kappa shape index (κ3) is 4.20. The molecule has 7 heteroatoms. The molecular formula is C21H19N3O3S. The number of thiazole rings is 1. The normalized spacial score (nSPS) is 13.0. The van der Waals surface area contributed by atoms with Crippen LogP contribution in [0.1, 0.15) is 23.3 Å². The number of carbonyl (C=O) groups excluding carboxylic acids is 2. The molecule has 4 rings (SSSR count). The molecule has 1 fully saturated rings. The van der Waals surface area contributed by atoms with Gasteiger partial charge in [0.15, 0.2) is 0 Å². The molecular weight excluding hydrogens is 374 g/mol. The number of rotatable bonds is 6. The first-order chi connectivity index (χ1) is 13.6. The SMILES string of the molecule is COc1ccc(-c2nc(C(=O)Nc3cccc(NC(=O)C4CC4)c3)cs2)cc1. The van der Waals surface area contributed by atoms with E-state index in [1.807, 2.05) is 24.3 Å². The Kier molecular flexibility index (Phi) is 5.08. The lowest BCUT2D eigenvalue weighted by Gasteiger charge is -2.07. The second-order valence-corrected chi connectivity index (χ2v) is 7.42. The first kappa shape index (κ1) is 18.2. The van der Waals surface area contributed by atoms with Crippen molar-refractivity contribution in [3.8, 4) is 16.3 Å². The van der Waals surface area contributed by atoms with Gasteiger partial charge in [0.05, 0.1) is 7.11 Å². The fraction of sp³-hybridized carbons (Fsp3) is 0.190. The zero-order valence-corrected chi connectivity index (χ0v) is 16.1. The number of carbonyl (C=O) groups is 2. The molecule has 1 aromatic heterocycles. The Morgan fingerprint density at radius 2 is 1.79 bits per heavy atom. The summed E-state index contributed by atoms with van der Waals surface area (Å²) in [5.74, 6) is 0.644. The van der Waals surface area contributed by atoms with Crippen molar-refractivity contribution >= 4 is 34.5 Å². The van der Waals surface area contributed by atoms with Crippen LogP contribution in [0.3, 0.4) is 0 Å². The number of hydrogen-bond acceptors (Lipinski definition) is 5. The van der Waals surface area contributed by atoms with E-state index in [0.717, 1.165) is 29.2 Å². The van der Waals surface area contributed by atoms with Gasteiger partial charge >= 0.3 is 0 Å². The number of hydrogen-bond donors (Lipinski definition) is 2. The van der Waals surface area contributed by atoms with Crippen LogP contribution in [0.2, 0.25) is 0 Å². The van der Waals surface area contributed by atoms with Crippen LogP contribution in [0.25, 0.3) is 10.6 Å². The monoisotopic (exact) mass is 393 g/mol. The number of methoxy groups -OCH3 is 1. The quantitative estimate of drug-likeness (QED) is 0.650. The first-order valence-electron chi connectivity index (χ1n) is 8.94. The van der Waals surface area contributed by atoms with E-state index in [9.17, 15) is 9.59 Å². The maximum absolute atomic E-state index is 12.5. The molecule has 0 radical (unpaired) electrons. The van der Waals surface area contributed by atoms with E-state index in [2.05, 4.69) is 15.6 Å². The number of nitrogens with zero attached hydrogens (tertiary/aromatic N) is 1. The minimum Gasteiger partial charge on any atom is -0.497 e. The van der Waals surface area contributed by atoms with Gasteiger partial charge in [0.2, 0.25) is 5.91 Å². The van der Waals surface area contributed by atoms with Crippen LogP contribution < -0.4 is 15.4 Å². The average Bonchev–Trinajstić information content (AvgIpc) is 3.45. The maximum atomic E-state index is 12.5. The highest BCUT2D eigenvalue weighted by molar-refractivity contribution is 7.13. The summed E-state index contributed by atoms with van der Waals surface area (Å²) in [5.41, 5.74) is 2.56. The van der Waals surface area contributed by atoms with Crippen molar-refractivity contribution in [2.24, 2.45) is 5.92 Å². The second kappa shape index (κ2) is 7.82. The molecule has 1 heterocycles. The molecule has 0 aliphatic heterocycles. The molecule has 2 N–H and O–H groups in total. The zero-order chi connectivity index (χ0) is 19.5. The number of ether oxygens (including phenoxy) is 1. The zero-order valence-electron chi connectivity index (χ0n) is 15.3. The van der Waals surface area contributed by atoms with Gasteiger partial charge in [0.25, 0.3) is 5.91 Å². The molecule has 2 aromatic carbocycles. The summed E-state index contributed by atoms with van der Waals surface area (Å²) < 4.78 is 5.16.